The number of halogens is 3. The fourth-order valence-corrected chi connectivity index (χ4v) is 3.92. The minimum atomic E-state index is -4.50. The van der Waals surface area contributed by atoms with Gasteiger partial charge in [-0.25, -0.2) is 0 Å². The SMILES string of the molecule is COc1ccc(C(=O)NC(=Cc2ccc(-c3cccc(C(F)(F)F)c3)o2)C(=O)NCCN2CCOCC2)cc1. The molecule has 0 saturated carbocycles. The molecule has 0 unspecified atom stereocenters. The zero-order valence-corrected chi connectivity index (χ0v) is 21.2. The lowest BCUT2D eigenvalue weighted by Crippen LogP contribution is -2.42. The van der Waals surface area contributed by atoms with Crippen LogP contribution in [-0.2, 0) is 15.7 Å². The first-order valence-corrected chi connectivity index (χ1v) is 12.3. The molecule has 0 radical (unpaired) electrons. The topological polar surface area (TPSA) is 93.0 Å². The predicted octanol–water partition coefficient (Wildman–Crippen LogP) is 4.19. The number of benzene rings is 2. The van der Waals surface area contributed by atoms with Gasteiger partial charge in [0.15, 0.2) is 0 Å². The van der Waals surface area contributed by atoms with Gasteiger partial charge < -0.3 is 24.5 Å². The minimum absolute atomic E-state index is 0.0808. The summed E-state index contributed by atoms with van der Waals surface area (Å²) < 4.78 is 55.6. The maximum atomic E-state index is 13.1. The van der Waals surface area contributed by atoms with Gasteiger partial charge in [0.1, 0.15) is 23.0 Å². The molecule has 3 aromatic rings. The number of morpholine rings is 1. The first kappa shape index (κ1) is 27.9. The van der Waals surface area contributed by atoms with E-state index in [-0.39, 0.29) is 22.8 Å². The van der Waals surface area contributed by atoms with Gasteiger partial charge in [-0.15, -0.1) is 0 Å². The summed E-state index contributed by atoms with van der Waals surface area (Å²) >= 11 is 0. The quantitative estimate of drug-likeness (QED) is 0.393. The number of amides is 2. The average Bonchev–Trinajstić information content (AvgIpc) is 3.41. The van der Waals surface area contributed by atoms with Crippen LogP contribution in [0.1, 0.15) is 21.7 Å². The number of alkyl halides is 3. The van der Waals surface area contributed by atoms with E-state index in [2.05, 4.69) is 15.5 Å². The Morgan fingerprint density at radius 1 is 1.05 bits per heavy atom. The standard InChI is InChI=1S/C28H28F3N3O5/c1-37-22-7-5-19(6-8-22)26(35)33-24(27(36)32-11-12-34-13-15-38-16-14-34)18-23-9-10-25(39-23)20-3-2-4-21(17-20)28(29,30)31/h2-10,17-18H,11-16H2,1H3,(H,32,36)(H,33,35). The van der Waals surface area contributed by atoms with Gasteiger partial charge in [-0.2, -0.15) is 13.2 Å². The van der Waals surface area contributed by atoms with E-state index >= 15 is 0 Å². The third kappa shape index (κ3) is 7.71. The van der Waals surface area contributed by atoms with Crippen LogP contribution in [0, 0.1) is 0 Å². The molecular weight excluding hydrogens is 515 g/mol. The van der Waals surface area contributed by atoms with Crippen LogP contribution in [0.3, 0.4) is 0 Å². The highest BCUT2D eigenvalue weighted by Gasteiger charge is 2.30. The maximum absolute atomic E-state index is 13.1. The van der Waals surface area contributed by atoms with Gasteiger partial charge in [-0.3, -0.25) is 14.5 Å². The molecule has 1 aliphatic rings. The first-order valence-electron chi connectivity index (χ1n) is 12.3. The second kappa shape index (κ2) is 12.6. The maximum Gasteiger partial charge on any atom is 0.416 e. The predicted molar refractivity (Wildman–Crippen MR) is 138 cm³/mol. The molecule has 1 saturated heterocycles. The van der Waals surface area contributed by atoms with Crippen molar-refractivity contribution >= 4 is 17.9 Å². The molecule has 0 aliphatic carbocycles. The van der Waals surface area contributed by atoms with Gasteiger partial charge in [0.2, 0.25) is 0 Å². The molecular formula is C28H28F3N3O5. The van der Waals surface area contributed by atoms with Crippen molar-refractivity contribution in [3.8, 4) is 17.1 Å². The van der Waals surface area contributed by atoms with Crippen molar-refractivity contribution in [2.24, 2.45) is 0 Å². The second-order valence-corrected chi connectivity index (χ2v) is 8.73. The van der Waals surface area contributed by atoms with Gasteiger partial charge in [0.05, 0.1) is 25.9 Å². The molecule has 0 atom stereocenters. The van der Waals surface area contributed by atoms with Gasteiger partial charge in [-0.1, -0.05) is 12.1 Å². The summed E-state index contributed by atoms with van der Waals surface area (Å²) in [6.45, 7) is 3.72. The number of hydrogen-bond donors (Lipinski definition) is 2. The van der Waals surface area contributed by atoms with Crippen molar-refractivity contribution < 1.29 is 36.7 Å². The van der Waals surface area contributed by atoms with E-state index in [9.17, 15) is 22.8 Å². The van der Waals surface area contributed by atoms with Crippen molar-refractivity contribution in [2.45, 2.75) is 6.18 Å². The van der Waals surface area contributed by atoms with Crippen LogP contribution >= 0.6 is 0 Å². The molecule has 0 bridgehead atoms. The van der Waals surface area contributed by atoms with Gasteiger partial charge >= 0.3 is 6.18 Å². The Labute approximate surface area is 223 Å². The molecule has 39 heavy (non-hydrogen) atoms. The van der Waals surface area contributed by atoms with Crippen molar-refractivity contribution in [3.63, 3.8) is 0 Å². The summed E-state index contributed by atoms with van der Waals surface area (Å²) in [5.41, 5.74) is -0.363. The van der Waals surface area contributed by atoms with Crippen LogP contribution in [-0.4, -0.2) is 63.2 Å². The zero-order valence-electron chi connectivity index (χ0n) is 21.2. The van der Waals surface area contributed by atoms with E-state index < -0.39 is 23.6 Å². The van der Waals surface area contributed by atoms with Gasteiger partial charge in [0.25, 0.3) is 11.8 Å². The van der Waals surface area contributed by atoms with Crippen LogP contribution in [0.15, 0.2) is 70.8 Å². The highest BCUT2D eigenvalue weighted by Crippen LogP contribution is 2.32. The summed E-state index contributed by atoms with van der Waals surface area (Å²) in [5, 5.41) is 5.41. The molecule has 8 nitrogen and oxygen atoms in total. The largest absolute Gasteiger partial charge is 0.497 e. The number of carbonyl (C=O) groups is 2. The first-order chi connectivity index (χ1) is 18.7. The number of hydrogen-bond acceptors (Lipinski definition) is 6. The summed E-state index contributed by atoms with van der Waals surface area (Å²) in [6, 6.07) is 14.1. The molecule has 2 aromatic carbocycles. The van der Waals surface area contributed by atoms with E-state index in [1.165, 1.54) is 37.5 Å². The Morgan fingerprint density at radius 2 is 1.79 bits per heavy atom. The fourth-order valence-electron chi connectivity index (χ4n) is 3.92. The summed E-state index contributed by atoms with van der Waals surface area (Å²) in [7, 11) is 1.51. The number of carbonyl (C=O) groups excluding carboxylic acids is 2. The molecule has 1 aromatic heterocycles. The Bertz CT molecular complexity index is 1310. The summed E-state index contributed by atoms with van der Waals surface area (Å²) in [6.07, 6.45) is -3.16. The lowest BCUT2D eigenvalue weighted by molar-refractivity contribution is -0.137. The highest BCUT2D eigenvalue weighted by atomic mass is 19.4. The van der Waals surface area contributed by atoms with Gasteiger partial charge in [0, 0.05) is 43.4 Å². The van der Waals surface area contributed by atoms with E-state index in [1.807, 2.05) is 0 Å². The third-order valence-corrected chi connectivity index (χ3v) is 6.05. The number of rotatable bonds is 9. The normalized spacial score (nSPS) is 14.6. The van der Waals surface area contributed by atoms with Crippen LogP contribution < -0.4 is 15.4 Å². The van der Waals surface area contributed by atoms with Crippen molar-refractivity contribution in [2.75, 3.05) is 46.5 Å². The minimum Gasteiger partial charge on any atom is -0.497 e. The smallest absolute Gasteiger partial charge is 0.416 e. The molecule has 2 heterocycles. The van der Waals surface area contributed by atoms with Crippen molar-refractivity contribution in [3.05, 3.63) is 83.2 Å². The summed E-state index contributed by atoms with van der Waals surface area (Å²) in [4.78, 5) is 28.1. The fraction of sp³-hybridized carbons (Fsp3) is 0.286. The molecule has 2 amide bonds. The Morgan fingerprint density at radius 3 is 2.49 bits per heavy atom. The lowest BCUT2D eigenvalue weighted by Gasteiger charge is -2.26. The van der Waals surface area contributed by atoms with E-state index in [0.717, 1.165) is 25.2 Å². The number of nitrogens with one attached hydrogen (secondary N) is 2. The highest BCUT2D eigenvalue weighted by molar-refractivity contribution is 6.05. The van der Waals surface area contributed by atoms with E-state index in [1.54, 1.807) is 24.3 Å². The molecule has 0 spiro atoms. The van der Waals surface area contributed by atoms with Crippen LogP contribution in [0.2, 0.25) is 0 Å². The molecule has 11 heteroatoms. The number of ether oxygens (including phenoxy) is 2. The van der Waals surface area contributed by atoms with Crippen molar-refractivity contribution in [1.82, 2.24) is 15.5 Å². The van der Waals surface area contributed by atoms with Gasteiger partial charge in [-0.05, 0) is 48.5 Å². The Kier molecular flexibility index (Phi) is 9.05. The molecule has 2 N–H and O–H groups in total. The number of nitrogens with zero attached hydrogens (tertiary/aromatic N) is 1. The Balaban J connectivity index is 1.53. The van der Waals surface area contributed by atoms with Crippen LogP contribution in [0.5, 0.6) is 5.75 Å². The third-order valence-electron chi connectivity index (χ3n) is 6.05. The van der Waals surface area contributed by atoms with Crippen LogP contribution in [0.25, 0.3) is 17.4 Å². The molecule has 4 rings (SSSR count). The number of furan rings is 1. The lowest BCUT2D eigenvalue weighted by atomic mass is 10.1. The monoisotopic (exact) mass is 543 g/mol. The van der Waals surface area contributed by atoms with Crippen LogP contribution in [0.4, 0.5) is 13.2 Å². The average molecular weight is 544 g/mol. The van der Waals surface area contributed by atoms with E-state index in [0.29, 0.717) is 37.6 Å². The zero-order chi connectivity index (χ0) is 27.8. The second-order valence-electron chi connectivity index (χ2n) is 8.73. The van der Waals surface area contributed by atoms with Crippen molar-refractivity contribution in [1.29, 1.82) is 0 Å². The molecule has 206 valence electrons. The van der Waals surface area contributed by atoms with E-state index in [4.69, 9.17) is 13.9 Å². The summed E-state index contributed by atoms with van der Waals surface area (Å²) in [5.74, 6) is -0.142. The molecule has 1 fully saturated rings. The number of methoxy groups -OCH3 is 1. The Hall–Kier alpha value is -4.09. The molecule has 1 aliphatic heterocycles.